The number of hydrogen-bond acceptors (Lipinski definition) is 3. The van der Waals surface area contributed by atoms with E-state index in [1.165, 1.54) is 18.2 Å². The number of pyridine rings is 1. The van der Waals surface area contributed by atoms with Crippen molar-refractivity contribution in [3.05, 3.63) is 46.6 Å². The van der Waals surface area contributed by atoms with E-state index in [-0.39, 0.29) is 11.6 Å². The van der Waals surface area contributed by atoms with Crippen molar-refractivity contribution in [2.75, 3.05) is 0 Å². The van der Waals surface area contributed by atoms with Gasteiger partial charge in [0.25, 0.3) is 0 Å². The first-order valence-corrected chi connectivity index (χ1v) is 6.29. The fourth-order valence-electron chi connectivity index (χ4n) is 1.44. The van der Waals surface area contributed by atoms with Crippen molar-refractivity contribution in [3.63, 3.8) is 0 Å². The van der Waals surface area contributed by atoms with Crippen molar-refractivity contribution in [2.24, 2.45) is 0 Å². The third-order valence-electron chi connectivity index (χ3n) is 2.23. The molecule has 3 nitrogen and oxygen atoms in total. The number of aromatic nitrogens is 1. The second kappa shape index (κ2) is 5.70. The second-order valence-electron chi connectivity index (χ2n) is 3.90. The minimum atomic E-state index is -4.78. The first-order valence-electron chi connectivity index (χ1n) is 5.50. The fraction of sp³-hybridized carbons (Fsp3) is 0.154. The van der Waals surface area contributed by atoms with E-state index in [1.54, 1.807) is 18.3 Å². The molecule has 2 rings (SSSR count). The van der Waals surface area contributed by atoms with Gasteiger partial charge in [-0.15, -0.1) is 13.2 Å². The second-order valence-corrected chi connectivity index (χ2v) is 4.75. The molecule has 0 aliphatic heterocycles. The molecule has 20 heavy (non-hydrogen) atoms. The van der Waals surface area contributed by atoms with Gasteiger partial charge in [0.15, 0.2) is 11.5 Å². The summed E-state index contributed by atoms with van der Waals surface area (Å²) in [5.74, 6) is -0.329. The Hall–Kier alpha value is -1.76. The van der Waals surface area contributed by atoms with Crippen LogP contribution < -0.4 is 9.47 Å². The molecule has 0 unspecified atom stereocenters. The smallest absolute Gasteiger partial charge is 0.434 e. The number of halogens is 4. The van der Waals surface area contributed by atoms with Gasteiger partial charge in [-0.25, -0.2) is 4.98 Å². The van der Waals surface area contributed by atoms with Crippen LogP contribution in [0.3, 0.4) is 0 Å². The van der Waals surface area contributed by atoms with Gasteiger partial charge in [0, 0.05) is 6.20 Å². The molecule has 0 aliphatic carbocycles. The average molecular weight is 348 g/mol. The monoisotopic (exact) mass is 347 g/mol. The third-order valence-corrected chi connectivity index (χ3v) is 2.79. The Morgan fingerprint density at radius 3 is 2.40 bits per heavy atom. The molecule has 0 radical (unpaired) electrons. The molecule has 0 saturated heterocycles. The molecule has 0 bridgehead atoms. The predicted molar refractivity (Wildman–Crippen MR) is 69.9 cm³/mol. The molecule has 0 atom stereocenters. The standard InChI is InChI=1S/C13H9BrF3NO2/c1-8-6-9(14)12(18-7-8)19-10-4-2-3-5-11(10)20-13(15,16)17/h2-7H,1H3. The molecule has 0 N–H and O–H groups in total. The van der Waals surface area contributed by atoms with Gasteiger partial charge in [-0.1, -0.05) is 12.1 Å². The summed E-state index contributed by atoms with van der Waals surface area (Å²) >= 11 is 3.24. The Bertz CT molecular complexity index is 617. The van der Waals surface area contributed by atoms with E-state index in [0.29, 0.717) is 4.47 Å². The molecule has 0 saturated carbocycles. The highest BCUT2D eigenvalue weighted by molar-refractivity contribution is 9.10. The zero-order chi connectivity index (χ0) is 14.8. The lowest BCUT2D eigenvalue weighted by Gasteiger charge is -2.13. The van der Waals surface area contributed by atoms with Crippen LogP contribution in [-0.2, 0) is 0 Å². The molecule has 0 aliphatic rings. The first kappa shape index (κ1) is 14.6. The van der Waals surface area contributed by atoms with Crippen LogP contribution in [-0.4, -0.2) is 11.3 Å². The predicted octanol–water partition coefficient (Wildman–Crippen LogP) is 4.84. The van der Waals surface area contributed by atoms with Crippen LogP contribution in [0.1, 0.15) is 5.56 Å². The minimum absolute atomic E-state index is 0.0677. The van der Waals surface area contributed by atoms with Gasteiger partial charge in [-0.05, 0) is 46.6 Å². The third kappa shape index (κ3) is 3.86. The zero-order valence-electron chi connectivity index (χ0n) is 10.2. The van der Waals surface area contributed by atoms with Crippen molar-refractivity contribution < 1.29 is 22.6 Å². The molecule has 7 heteroatoms. The van der Waals surface area contributed by atoms with E-state index < -0.39 is 12.1 Å². The van der Waals surface area contributed by atoms with Gasteiger partial charge >= 0.3 is 6.36 Å². The van der Waals surface area contributed by atoms with Gasteiger partial charge in [0.2, 0.25) is 5.88 Å². The highest BCUT2D eigenvalue weighted by Crippen LogP contribution is 2.36. The van der Waals surface area contributed by atoms with Crippen LogP contribution in [0.2, 0.25) is 0 Å². The van der Waals surface area contributed by atoms with Gasteiger partial charge in [0.1, 0.15) is 0 Å². The van der Waals surface area contributed by atoms with Crippen LogP contribution in [0.4, 0.5) is 13.2 Å². The summed E-state index contributed by atoms with van der Waals surface area (Å²) in [6.45, 7) is 1.84. The first-order chi connectivity index (χ1) is 9.35. The molecule has 1 aromatic carbocycles. The van der Waals surface area contributed by atoms with Crippen molar-refractivity contribution in [2.45, 2.75) is 13.3 Å². The number of benzene rings is 1. The fourth-order valence-corrected chi connectivity index (χ4v) is 1.99. The normalized spacial score (nSPS) is 11.2. The lowest BCUT2D eigenvalue weighted by atomic mass is 10.3. The highest BCUT2D eigenvalue weighted by Gasteiger charge is 2.32. The van der Waals surface area contributed by atoms with E-state index in [1.807, 2.05) is 6.92 Å². The van der Waals surface area contributed by atoms with Crippen molar-refractivity contribution >= 4 is 15.9 Å². The number of nitrogens with zero attached hydrogens (tertiary/aromatic N) is 1. The molecule has 2 aromatic rings. The van der Waals surface area contributed by atoms with Crippen molar-refractivity contribution in [1.82, 2.24) is 4.98 Å². The number of aryl methyl sites for hydroxylation is 1. The summed E-state index contributed by atoms with van der Waals surface area (Å²) in [6, 6.07) is 7.25. The number of rotatable bonds is 3. The maximum Gasteiger partial charge on any atom is 0.573 e. The van der Waals surface area contributed by atoms with Gasteiger partial charge in [0.05, 0.1) is 4.47 Å². The van der Waals surface area contributed by atoms with Gasteiger partial charge in [-0.2, -0.15) is 0 Å². The number of para-hydroxylation sites is 2. The van der Waals surface area contributed by atoms with E-state index in [2.05, 4.69) is 25.7 Å². The van der Waals surface area contributed by atoms with Gasteiger partial charge < -0.3 is 9.47 Å². The SMILES string of the molecule is Cc1cnc(Oc2ccccc2OC(F)(F)F)c(Br)c1. The van der Waals surface area contributed by atoms with Crippen LogP contribution in [0.25, 0.3) is 0 Å². The van der Waals surface area contributed by atoms with Crippen LogP contribution >= 0.6 is 15.9 Å². The molecular weight excluding hydrogens is 339 g/mol. The summed E-state index contributed by atoms with van der Waals surface area (Å²) in [5, 5.41) is 0. The van der Waals surface area contributed by atoms with E-state index in [9.17, 15) is 13.2 Å². The highest BCUT2D eigenvalue weighted by atomic mass is 79.9. The van der Waals surface area contributed by atoms with Crippen LogP contribution in [0, 0.1) is 6.92 Å². The largest absolute Gasteiger partial charge is 0.573 e. The lowest BCUT2D eigenvalue weighted by molar-refractivity contribution is -0.275. The van der Waals surface area contributed by atoms with Crippen LogP contribution in [0.5, 0.6) is 17.4 Å². The molecule has 0 spiro atoms. The molecular formula is C13H9BrF3NO2. The van der Waals surface area contributed by atoms with Crippen molar-refractivity contribution in [3.8, 4) is 17.4 Å². The quantitative estimate of drug-likeness (QED) is 0.795. The average Bonchev–Trinajstić information content (AvgIpc) is 2.33. The van der Waals surface area contributed by atoms with Gasteiger partial charge in [-0.3, -0.25) is 0 Å². The summed E-state index contributed by atoms with van der Waals surface area (Å²) in [6.07, 6.45) is -3.23. The lowest BCUT2D eigenvalue weighted by Crippen LogP contribution is -2.17. The van der Waals surface area contributed by atoms with Crippen molar-refractivity contribution in [1.29, 1.82) is 0 Å². The molecule has 0 amide bonds. The minimum Gasteiger partial charge on any atom is -0.434 e. The number of ether oxygens (including phenoxy) is 2. The summed E-state index contributed by atoms with van der Waals surface area (Å²) < 4.78 is 46.7. The number of hydrogen-bond donors (Lipinski definition) is 0. The van der Waals surface area contributed by atoms with E-state index in [0.717, 1.165) is 5.56 Å². The Morgan fingerprint density at radius 1 is 1.15 bits per heavy atom. The molecule has 106 valence electrons. The maximum atomic E-state index is 12.3. The summed E-state index contributed by atoms with van der Waals surface area (Å²) in [4.78, 5) is 4.00. The summed E-state index contributed by atoms with van der Waals surface area (Å²) in [5.41, 5.74) is 0.893. The molecule has 0 fully saturated rings. The van der Waals surface area contributed by atoms with Crippen LogP contribution in [0.15, 0.2) is 41.0 Å². The number of alkyl halides is 3. The maximum absolute atomic E-state index is 12.3. The van der Waals surface area contributed by atoms with E-state index in [4.69, 9.17) is 4.74 Å². The Morgan fingerprint density at radius 2 is 1.80 bits per heavy atom. The zero-order valence-corrected chi connectivity index (χ0v) is 11.8. The topological polar surface area (TPSA) is 31.4 Å². The Balaban J connectivity index is 2.29. The molecule has 1 heterocycles. The molecule has 1 aromatic heterocycles. The van der Waals surface area contributed by atoms with E-state index >= 15 is 0 Å². The Labute approximate surface area is 121 Å². The summed E-state index contributed by atoms with van der Waals surface area (Å²) in [7, 11) is 0. The Kier molecular flexibility index (Phi) is 4.17.